The standard InChI is InChI=1S/C13H15Cl2NO3S/c1-13(2,3)5-4-8(12(18)19)16-11(17)9-6-7(14)10(15)20-9/h4-6,8H,1-3H3,(H,16,17)(H,18,19)/b5-4+/t8-/m1/s1. The first-order valence-electron chi connectivity index (χ1n) is 5.78. The molecule has 1 amide bonds. The number of rotatable bonds is 4. The Labute approximate surface area is 131 Å². The molecule has 7 heteroatoms. The smallest absolute Gasteiger partial charge is 0.330 e. The van der Waals surface area contributed by atoms with E-state index in [-0.39, 0.29) is 15.3 Å². The van der Waals surface area contributed by atoms with Crippen LogP contribution >= 0.6 is 34.5 Å². The Morgan fingerprint density at radius 1 is 1.40 bits per heavy atom. The topological polar surface area (TPSA) is 66.4 Å². The van der Waals surface area contributed by atoms with Gasteiger partial charge in [0.25, 0.3) is 5.91 Å². The minimum Gasteiger partial charge on any atom is -0.479 e. The van der Waals surface area contributed by atoms with Crippen molar-refractivity contribution in [3.8, 4) is 0 Å². The van der Waals surface area contributed by atoms with E-state index >= 15 is 0 Å². The van der Waals surface area contributed by atoms with E-state index in [1.165, 1.54) is 12.1 Å². The van der Waals surface area contributed by atoms with Crippen LogP contribution in [0.15, 0.2) is 18.2 Å². The Bertz CT molecular complexity index is 527. The highest BCUT2D eigenvalue weighted by Gasteiger charge is 2.20. The van der Waals surface area contributed by atoms with Gasteiger partial charge in [-0.3, -0.25) is 4.79 Å². The molecule has 0 saturated heterocycles. The van der Waals surface area contributed by atoms with Crippen LogP contribution in [0.5, 0.6) is 0 Å². The maximum absolute atomic E-state index is 11.9. The number of hydrogen-bond acceptors (Lipinski definition) is 3. The lowest BCUT2D eigenvalue weighted by atomic mass is 9.95. The number of carbonyl (C=O) groups excluding carboxylic acids is 1. The summed E-state index contributed by atoms with van der Waals surface area (Å²) in [6, 6.07) is 0.317. The second-order valence-corrected chi connectivity index (χ2v) is 7.31. The minimum atomic E-state index is -1.13. The summed E-state index contributed by atoms with van der Waals surface area (Å²) in [7, 11) is 0. The summed E-state index contributed by atoms with van der Waals surface area (Å²) in [5.74, 6) is -1.65. The molecular weight excluding hydrogens is 321 g/mol. The van der Waals surface area contributed by atoms with E-state index in [1.54, 1.807) is 6.08 Å². The monoisotopic (exact) mass is 335 g/mol. The van der Waals surface area contributed by atoms with Crippen molar-refractivity contribution in [3.63, 3.8) is 0 Å². The van der Waals surface area contributed by atoms with Crippen LogP contribution in [0.2, 0.25) is 9.36 Å². The van der Waals surface area contributed by atoms with E-state index in [2.05, 4.69) is 5.32 Å². The second kappa shape index (κ2) is 6.61. The summed E-state index contributed by atoms with van der Waals surface area (Å²) in [5, 5.41) is 11.8. The quantitative estimate of drug-likeness (QED) is 0.821. The average Bonchev–Trinajstić information content (AvgIpc) is 2.63. The molecule has 0 fully saturated rings. The Hall–Kier alpha value is -1.04. The molecule has 0 radical (unpaired) electrons. The number of nitrogens with one attached hydrogen (secondary N) is 1. The van der Waals surface area contributed by atoms with Gasteiger partial charge in [-0.05, 0) is 11.5 Å². The molecule has 0 aliphatic carbocycles. The molecule has 0 bridgehead atoms. The van der Waals surface area contributed by atoms with Gasteiger partial charge in [-0.15, -0.1) is 11.3 Å². The van der Waals surface area contributed by atoms with E-state index in [9.17, 15) is 9.59 Å². The second-order valence-electron chi connectivity index (χ2n) is 5.25. The lowest BCUT2D eigenvalue weighted by Gasteiger charge is -2.14. The van der Waals surface area contributed by atoms with Gasteiger partial charge in [0.1, 0.15) is 10.4 Å². The molecular formula is C13H15Cl2NO3S. The molecule has 2 N–H and O–H groups in total. The fourth-order valence-corrected chi connectivity index (χ4v) is 2.52. The van der Waals surface area contributed by atoms with Crippen molar-refractivity contribution in [2.45, 2.75) is 26.8 Å². The van der Waals surface area contributed by atoms with Gasteiger partial charge in [-0.2, -0.15) is 0 Å². The number of allylic oxidation sites excluding steroid dienone is 1. The van der Waals surface area contributed by atoms with Crippen LogP contribution in [0.1, 0.15) is 30.4 Å². The van der Waals surface area contributed by atoms with Crippen molar-refractivity contribution in [2.24, 2.45) is 5.41 Å². The van der Waals surface area contributed by atoms with Gasteiger partial charge in [-0.25, -0.2) is 4.79 Å². The fourth-order valence-electron chi connectivity index (χ4n) is 1.25. The van der Waals surface area contributed by atoms with Crippen LogP contribution < -0.4 is 5.32 Å². The van der Waals surface area contributed by atoms with Crippen molar-refractivity contribution in [3.05, 3.63) is 32.5 Å². The molecule has 1 atom stereocenters. The first kappa shape index (κ1) is 17.0. The predicted molar refractivity (Wildman–Crippen MR) is 81.8 cm³/mol. The van der Waals surface area contributed by atoms with Gasteiger partial charge in [0.15, 0.2) is 0 Å². The number of carbonyl (C=O) groups is 2. The summed E-state index contributed by atoms with van der Waals surface area (Å²) in [5.41, 5.74) is -0.173. The van der Waals surface area contributed by atoms with Crippen molar-refractivity contribution >= 4 is 46.4 Å². The number of hydrogen-bond donors (Lipinski definition) is 2. The van der Waals surface area contributed by atoms with E-state index in [4.69, 9.17) is 28.3 Å². The van der Waals surface area contributed by atoms with Crippen LogP contribution in [0.4, 0.5) is 0 Å². The molecule has 4 nitrogen and oxygen atoms in total. The van der Waals surface area contributed by atoms with Crippen LogP contribution in [0, 0.1) is 5.41 Å². The third-order valence-corrected chi connectivity index (χ3v) is 4.07. The predicted octanol–water partition coefficient (Wildman–Crippen LogP) is 3.84. The largest absolute Gasteiger partial charge is 0.479 e. The Kier molecular flexibility index (Phi) is 5.62. The summed E-state index contributed by atoms with van der Waals surface area (Å²) in [4.78, 5) is 23.3. The summed E-state index contributed by atoms with van der Waals surface area (Å²) in [6.45, 7) is 5.80. The first-order chi connectivity index (χ1) is 9.10. The minimum absolute atomic E-state index is 0.173. The van der Waals surface area contributed by atoms with E-state index in [1.807, 2.05) is 20.8 Å². The molecule has 0 aliphatic heterocycles. The number of carboxylic acid groups (broad SMARTS) is 1. The fraction of sp³-hybridized carbons (Fsp3) is 0.385. The van der Waals surface area contributed by atoms with E-state index in [0.717, 1.165) is 11.3 Å². The number of thiophene rings is 1. The van der Waals surface area contributed by atoms with Gasteiger partial charge in [0, 0.05) is 0 Å². The van der Waals surface area contributed by atoms with E-state index in [0.29, 0.717) is 4.34 Å². The molecule has 0 saturated carbocycles. The van der Waals surface area contributed by atoms with Gasteiger partial charge in [0.05, 0.1) is 9.90 Å². The van der Waals surface area contributed by atoms with Crippen LogP contribution in [0.25, 0.3) is 0 Å². The zero-order valence-corrected chi connectivity index (χ0v) is 13.6. The molecule has 1 heterocycles. The van der Waals surface area contributed by atoms with Gasteiger partial charge >= 0.3 is 5.97 Å². The molecule has 110 valence electrons. The lowest BCUT2D eigenvalue weighted by Crippen LogP contribution is -2.39. The average molecular weight is 336 g/mol. The molecule has 0 unspecified atom stereocenters. The third-order valence-electron chi connectivity index (χ3n) is 2.21. The number of halogens is 2. The maximum atomic E-state index is 11.9. The van der Waals surface area contributed by atoms with E-state index < -0.39 is 17.9 Å². The van der Waals surface area contributed by atoms with Crippen molar-refractivity contribution in [2.75, 3.05) is 0 Å². The Morgan fingerprint density at radius 3 is 2.40 bits per heavy atom. The molecule has 20 heavy (non-hydrogen) atoms. The highest BCUT2D eigenvalue weighted by atomic mass is 35.5. The molecule has 0 spiro atoms. The van der Waals surface area contributed by atoms with Gasteiger partial charge < -0.3 is 10.4 Å². The number of aliphatic carboxylic acids is 1. The first-order valence-corrected chi connectivity index (χ1v) is 7.35. The summed E-state index contributed by atoms with van der Waals surface area (Å²) in [6.07, 6.45) is 3.19. The highest BCUT2D eigenvalue weighted by Crippen LogP contribution is 2.31. The molecule has 1 aromatic heterocycles. The Morgan fingerprint density at radius 2 is 2.00 bits per heavy atom. The lowest BCUT2D eigenvalue weighted by molar-refractivity contribution is -0.137. The van der Waals surface area contributed by atoms with Crippen molar-refractivity contribution in [1.82, 2.24) is 5.32 Å². The van der Waals surface area contributed by atoms with Gasteiger partial charge in [-0.1, -0.05) is 56.1 Å². The van der Waals surface area contributed by atoms with Crippen LogP contribution in [-0.4, -0.2) is 23.0 Å². The molecule has 0 aromatic carbocycles. The van der Waals surface area contributed by atoms with Crippen molar-refractivity contribution in [1.29, 1.82) is 0 Å². The van der Waals surface area contributed by atoms with Crippen LogP contribution in [-0.2, 0) is 4.79 Å². The zero-order valence-electron chi connectivity index (χ0n) is 11.2. The molecule has 1 aromatic rings. The molecule has 1 rings (SSSR count). The summed E-state index contributed by atoms with van der Waals surface area (Å²) < 4.78 is 0.300. The SMILES string of the molecule is CC(C)(C)/C=C/[C@@H](NC(=O)c1cc(Cl)c(Cl)s1)C(=O)O. The van der Waals surface area contributed by atoms with Gasteiger partial charge in [0.2, 0.25) is 0 Å². The zero-order chi connectivity index (χ0) is 15.5. The molecule has 0 aliphatic rings. The van der Waals surface area contributed by atoms with Crippen molar-refractivity contribution < 1.29 is 14.7 Å². The Balaban J connectivity index is 2.83. The third kappa shape index (κ3) is 5.15. The highest BCUT2D eigenvalue weighted by molar-refractivity contribution is 7.18. The normalized spacial score (nSPS) is 13.4. The number of amides is 1. The maximum Gasteiger partial charge on any atom is 0.330 e. The van der Waals surface area contributed by atoms with Crippen LogP contribution in [0.3, 0.4) is 0 Å². The summed E-state index contributed by atoms with van der Waals surface area (Å²) >= 11 is 12.5. The number of carboxylic acids is 1.